The van der Waals surface area contributed by atoms with Crippen LogP contribution in [0.4, 0.5) is 0 Å². The normalized spacial score (nSPS) is 11.3. The molecule has 0 rings (SSSR count). The minimum absolute atomic E-state index is 0.166. The molecule has 0 fully saturated rings. The van der Waals surface area contributed by atoms with Gasteiger partial charge in [0.2, 0.25) is 0 Å². The molecule has 0 spiro atoms. The maximum Gasteiger partial charge on any atom is 0.469 e. The molecule has 7 nitrogen and oxygen atoms in total. The summed E-state index contributed by atoms with van der Waals surface area (Å²) in [5.74, 6) is 0. The zero-order valence-electron chi connectivity index (χ0n) is 11.3. The molecule has 19 heavy (non-hydrogen) atoms. The van der Waals surface area contributed by atoms with Crippen molar-refractivity contribution in [2.24, 2.45) is 0 Å². The molecule has 118 valence electrons. The minimum Gasteiger partial charge on any atom is -0.328 e. The SMILES string of the molecule is CCCCCCCCCCOP(=O)(O)O.OP(O)O. The van der Waals surface area contributed by atoms with Gasteiger partial charge in [-0.05, 0) is 6.42 Å². The van der Waals surface area contributed by atoms with E-state index in [1.807, 2.05) is 0 Å². The Kier molecular flexibility index (Phi) is 16.9. The van der Waals surface area contributed by atoms with Gasteiger partial charge in [-0.3, -0.25) is 4.52 Å². The fraction of sp³-hybridized carbons (Fsp3) is 1.00. The summed E-state index contributed by atoms with van der Waals surface area (Å²) in [6.45, 7) is 2.36. The Labute approximate surface area is 115 Å². The summed E-state index contributed by atoms with van der Waals surface area (Å²) < 4.78 is 14.7. The van der Waals surface area contributed by atoms with Gasteiger partial charge in [0, 0.05) is 0 Å². The lowest BCUT2D eigenvalue weighted by Gasteiger charge is -2.04. The van der Waals surface area contributed by atoms with Crippen LogP contribution in [-0.2, 0) is 9.09 Å². The number of hydrogen-bond acceptors (Lipinski definition) is 5. The van der Waals surface area contributed by atoms with Crippen molar-refractivity contribution in [3.63, 3.8) is 0 Å². The molecule has 5 N–H and O–H groups in total. The van der Waals surface area contributed by atoms with E-state index in [-0.39, 0.29) is 6.61 Å². The predicted molar refractivity (Wildman–Crippen MR) is 74.2 cm³/mol. The number of rotatable bonds is 10. The molecule has 0 aromatic carbocycles. The Morgan fingerprint density at radius 1 is 0.895 bits per heavy atom. The Morgan fingerprint density at radius 2 is 1.26 bits per heavy atom. The predicted octanol–water partition coefficient (Wildman–Crippen LogP) is 2.43. The van der Waals surface area contributed by atoms with Crippen molar-refractivity contribution in [1.82, 2.24) is 0 Å². The third-order valence-corrected chi connectivity index (χ3v) is 2.78. The number of phosphoric ester groups is 1. The van der Waals surface area contributed by atoms with Crippen LogP contribution in [-0.4, -0.2) is 31.1 Å². The first-order chi connectivity index (χ1) is 8.79. The third-order valence-electron chi connectivity index (χ3n) is 2.26. The molecule has 0 aromatic heterocycles. The second kappa shape index (κ2) is 14.8. The maximum atomic E-state index is 10.3. The average Bonchev–Trinajstić information content (AvgIpc) is 2.24. The number of phosphoric acid groups is 1. The summed E-state index contributed by atoms with van der Waals surface area (Å²) in [4.78, 5) is 38.5. The van der Waals surface area contributed by atoms with Gasteiger partial charge in [0.05, 0.1) is 6.61 Å². The molecule has 0 bridgehead atoms. The fourth-order valence-corrected chi connectivity index (χ4v) is 1.79. The summed E-state index contributed by atoms with van der Waals surface area (Å²) in [7, 11) is -6.86. The first kappa shape index (κ1) is 21.7. The van der Waals surface area contributed by atoms with Crippen molar-refractivity contribution in [1.29, 1.82) is 0 Å². The van der Waals surface area contributed by atoms with Gasteiger partial charge in [-0.1, -0.05) is 51.9 Å². The largest absolute Gasteiger partial charge is 0.469 e. The highest BCUT2D eigenvalue weighted by Crippen LogP contribution is 2.35. The summed E-state index contributed by atoms with van der Waals surface area (Å²) in [5, 5.41) is 0. The van der Waals surface area contributed by atoms with Gasteiger partial charge in [-0.25, -0.2) is 4.57 Å². The first-order valence-corrected chi connectivity index (χ1v) is 9.09. The van der Waals surface area contributed by atoms with Crippen LogP contribution in [0.1, 0.15) is 58.3 Å². The highest BCUT2D eigenvalue weighted by Gasteiger charge is 2.12. The lowest BCUT2D eigenvalue weighted by molar-refractivity contribution is 0.193. The van der Waals surface area contributed by atoms with E-state index in [2.05, 4.69) is 11.4 Å². The molecule has 9 heteroatoms. The van der Waals surface area contributed by atoms with Gasteiger partial charge in [0.1, 0.15) is 0 Å². The second-order valence-corrected chi connectivity index (χ2v) is 5.84. The monoisotopic (exact) mass is 320 g/mol. The van der Waals surface area contributed by atoms with E-state index < -0.39 is 16.4 Å². The molecule has 0 radical (unpaired) electrons. The fourth-order valence-electron chi connectivity index (χ4n) is 1.42. The lowest BCUT2D eigenvalue weighted by atomic mass is 10.1. The van der Waals surface area contributed by atoms with E-state index in [9.17, 15) is 4.57 Å². The Hall–Kier alpha value is 0.420. The van der Waals surface area contributed by atoms with E-state index >= 15 is 0 Å². The van der Waals surface area contributed by atoms with Crippen molar-refractivity contribution >= 4 is 16.4 Å². The highest BCUT2D eigenvalue weighted by atomic mass is 31.2. The van der Waals surface area contributed by atoms with Crippen LogP contribution in [0.25, 0.3) is 0 Å². The quantitative estimate of drug-likeness (QED) is 0.309. The molecular weight excluding hydrogens is 294 g/mol. The third kappa shape index (κ3) is 32.2. The van der Waals surface area contributed by atoms with Gasteiger partial charge < -0.3 is 24.5 Å². The molecular formula is C10H26O7P2. The standard InChI is InChI=1S/C10H23O4P.H3O3P/c1-2-3-4-5-6-7-8-9-10-14-15(11,12)13;1-4(2)3/h2-10H2,1H3,(H2,11,12,13);1-3H. The molecule has 0 aliphatic carbocycles. The van der Waals surface area contributed by atoms with E-state index in [1.54, 1.807) is 0 Å². The van der Waals surface area contributed by atoms with E-state index in [0.717, 1.165) is 19.3 Å². The molecule has 0 saturated heterocycles. The van der Waals surface area contributed by atoms with Crippen molar-refractivity contribution in [2.75, 3.05) is 6.61 Å². The summed E-state index contributed by atoms with van der Waals surface area (Å²) >= 11 is 0. The van der Waals surface area contributed by atoms with Gasteiger partial charge in [0.25, 0.3) is 0 Å². The topological polar surface area (TPSA) is 127 Å². The Balaban J connectivity index is 0. The molecule has 0 aromatic rings. The Bertz CT molecular complexity index is 217. The number of unbranched alkanes of at least 4 members (excludes halogenated alkanes) is 7. The zero-order valence-corrected chi connectivity index (χ0v) is 13.1. The molecule has 0 aliphatic heterocycles. The van der Waals surface area contributed by atoms with E-state index in [1.165, 1.54) is 32.1 Å². The van der Waals surface area contributed by atoms with Crippen LogP contribution >= 0.6 is 16.4 Å². The molecule has 0 aliphatic rings. The maximum absolute atomic E-state index is 10.3. The molecule has 0 atom stereocenters. The van der Waals surface area contributed by atoms with Gasteiger partial charge in [-0.2, -0.15) is 0 Å². The zero-order chi connectivity index (χ0) is 15.1. The van der Waals surface area contributed by atoms with Gasteiger partial charge in [-0.15, -0.1) is 0 Å². The van der Waals surface area contributed by atoms with Crippen LogP contribution in [0.5, 0.6) is 0 Å². The van der Waals surface area contributed by atoms with Crippen LogP contribution in [0.2, 0.25) is 0 Å². The number of hydrogen-bond donors (Lipinski definition) is 5. The van der Waals surface area contributed by atoms with Crippen LogP contribution in [0.15, 0.2) is 0 Å². The minimum atomic E-state index is -4.24. The Morgan fingerprint density at radius 3 is 1.63 bits per heavy atom. The van der Waals surface area contributed by atoms with Crippen molar-refractivity contribution in [3.05, 3.63) is 0 Å². The van der Waals surface area contributed by atoms with Crippen LogP contribution in [0, 0.1) is 0 Å². The summed E-state index contributed by atoms with van der Waals surface area (Å²) in [6.07, 6.45) is 9.22. The summed E-state index contributed by atoms with van der Waals surface area (Å²) in [5.41, 5.74) is 0. The second-order valence-electron chi connectivity index (χ2n) is 4.07. The van der Waals surface area contributed by atoms with Gasteiger partial charge >= 0.3 is 16.4 Å². The van der Waals surface area contributed by atoms with Gasteiger partial charge in [0.15, 0.2) is 0 Å². The van der Waals surface area contributed by atoms with Crippen molar-refractivity contribution in [3.8, 4) is 0 Å². The van der Waals surface area contributed by atoms with Crippen molar-refractivity contribution in [2.45, 2.75) is 58.3 Å². The first-order valence-electron chi connectivity index (χ1n) is 6.36. The van der Waals surface area contributed by atoms with E-state index in [0.29, 0.717) is 0 Å². The van der Waals surface area contributed by atoms with E-state index in [4.69, 9.17) is 24.5 Å². The molecule has 0 unspecified atom stereocenters. The van der Waals surface area contributed by atoms with Crippen LogP contribution in [0.3, 0.4) is 0 Å². The average molecular weight is 320 g/mol. The lowest BCUT2D eigenvalue weighted by Crippen LogP contribution is -1.92. The molecule has 0 amide bonds. The molecule has 0 heterocycles. The highest BCUT2D eigenvalue weighted by molar-refractivity contribution is 7.46. The smallest absolute Gasteiger partial charge is 0.328 e. The van der Waals surface area contributed by atoms with Crippen LogP contribution < -0.4 is 0 Å². The van der Waals surface area contributed by atoms with Crippen molar-refractivity contribution < 1.29 is 33.6 Å². The summed E-state index contributed by atoms with van der Waals surface area (Å²) in [6, 6.07) is 0. The molecule has 0 saturated carbocycles.